The van der Waals surface area contributed by atoms with Crippen molar-refractivity contribution in [2.75, 3.05) is 33.5 Å². The van der Waals surface area contributed by atoms with Crippen molar-refractivity contribution < 1.29 is 28.9 Å². The predicted molar refractivity (Wildman–Crippen MR) is 85.0 cm³/mol. The Balaban J connectivity index is 1.84. The summed E-state index contributed by atoms with van der Waals surface area (Å²) in [5.41, 5.74) is 1.26. The predicted octanol–water partition coefficient (Wildman–Crippen LogP) is 1.17. The zero-order valence-corrected chi connectivity index (χ0v) is 13.4. The second-order valence-corrected chi connectivity index (χ2v) is 5.66. The molecule has 0 bridgehead atoms. The van der Waals surface area contributed by atoms with E-state index in [-0.39, 0.29) is 25.5 Å². The van der Waals surface area contributed by atoms with Gasteiger partial charge in [0.05, 0.1) is 38.4 Å². The van der Waals surface area contributed by atoms with Gasteiger partial charge in [0.25, 0.3) is 5.91 Å². The highest BCUT2D eigenvalue weighted by Crippen LogP contribution is 2.36. The molecule has 0 spiro atoms. The number of rotatable bonds is 4. The molecule has 2 aliphatic rings. The lowest BCUT2D eigenvalue weighted by Gasteiger charge is -2.35. The first kappa shape index (κ1) is 16.3. The van der Waals surface area contributed by atoms with E-state index < -0.39 is 12.0 Å². The normalized spacial score (nSPS) is 19.8. The summed E-state index contributed by atoms with van der Waals surface area (Å²) in [6.07, 6.45) is 1.64. The number of morpholine rings is 1. The van der Waals surface area contributed by atoms with Crippen molar-refractivity contribution in [3.63, 3.8) is 0 Å². The summed E-state index contributed by atoms with van der Waals surface area (Å²) >= 11 is 0. The number of nitrogens with zero attached hydrogens (tertiary/aromatic N) is 1. The van der Waals surface area contributed by atoms with Crippen LogP contribution in [0.5, 0.6) is 11.5 Å². The van der Waals surface area contributed by atoms with Crippen molar-refractivity contribution in [2.24, 2.45) is 0 Å². The molecule has 3 rings (SSSR count). The van der Waals surface area contributed by atoms with E-state index in [0.29, 0.717) is 30.2 Å². The molecule has 1 fully saturated rings. The number of carbonyl (C=O) groups excluding carboxylic acids is 1. The molecule has 7 nitrogen and oxygen atoms in total. The lowest BCUT2D eigenvalue weighted by atomic mass is 10.0. The molecule has 128 valence electrons. The third kappa shape index (κ3) is 3.21. The number of aliphatic carboxylic acids is 1. The second-order valence-electron chi connectivity index (χ2n) is 5.66. The number of benzene rings is 1. The number of carboxylic acids is 1. The lowest BCUT2D eigenvalue weighted by Crippen LogP contribution is -2.50. The smallest absolute Gasteiger partial charge is 0.305 e. The van der Waals surface area contributed by atoms with Crippen LogP contribution in [-0.4, -0.2) is 61.4 Å². The molecule has 1 aromatic carbocycles. The van der Waals surface area contributed by atoms with Crippen LogP contribution in [0.4, 0.5) is 0 Å². The summed E-state index contributed by atoms with van der Waals surface area (Å²) in [7, 11) is 1.56. The second kappa shape index (κ2) is 6.92. The summed E-state index contributed by atoms with van der Waals surface area (Å²) in [6, 6.07) is 5.01. The first-order valence-corrected chi connectivity index (χ1v) is 7.71. The molecular weight excluding hydrogens is 314 g/mol. The largest absolute Gasteiger partial charge is 0.493 e. The maximum atomic E-state index is 12.8. The van der Waals surface area contributed by atoms with Gasteiger partial charge in [0.1, 0.15) is 6.61 Å². The summed E-state index contributed by atoms with van der Waals surface area (Å²) in [5.74, 6) is 0.0660. The monoisotopic (exact) mass is 333 g/mol. The number of fused-ring (bicyclic) bond motifs is 1. The van der Waals surface area contributed by atoms with Crippen LogP contribution in [0.2, 0.25) is 0 Å². The standard InChI is InChI=1S/C17H19NO6/c1-22-14-4-2-3-11-7-12(9-24-16(11)14)17(21)18-5-6-23-10-13(18)8-15(19)20/h2-4,7,13H,5-6,8-10H2,1H3,(H,19,20)/t13-/m1/s1. The van der Waals surface area contributed by atoms with Crippen LogP contribution < -0.4 is 9.47 Å². The summed E-state index contributed by atoms with van der Waals surface area (Å²) in [6.45, 7) is 1.14. The number of carboxylic acid groups (broad SMARTS) is 1. The maximum Gasteiger partial charge on any atom is 0.305 e. The number of carbonyl (C=O) groups is 2. The number of amides is 1. The summed E-state index contributed by atoms with van der Waals surface area (Å²) in [5, 5.41) is 9.02. The van der Waals surface area contributed by atoms with Crippen LogP contribution in [0, 0.1) is 0 Å². The zero-order valence-electron chi connectivity index (χ0n) is 13.4. The van der Waals surface area contributed by atoms with Crippen molar-refractivity contribution in [2.45, 2.75) is 12.5 Å². The SMILES string of the molecule is COc1cccc2c1OCC(C(=O)N1CCOC[C@H]1CC(=O)O)=C2. The van der Waals surface area contributed by atoms with E-state index in [2.05, 4.69) is 0 Å². The van der Waals surface area contributed by atoms with Crippen molar-refractivity contribution >= 4 is 18.0 Å². The average Bonchev–Trinajstić information content (AvgIpc) is 2.60. The Labute approximate surface area is 139 Å². The Kier molecular flexibility index (Phi) is 4.71. The Hall–Kier alpha value is -2.54. The van der Waals surface area contributed by atoms with Gasteiger partial charge in [-0.3, -0.25) is 9.59 Å². The van der Waals surface area contributed by atoms with Crippen molar-refractivity contribution in [3.05, 3.63) is 29.3 Å². The molecule has 0 saturated carbocycles. The number of para-hydroxylation sites is 1. The zero-order chi connectivity index (χ0) is 17.1. The van der Waals surface area contributed by atoms with Gasteiger partial charge in [-0.1, -0.05) is 12.1 Å². The first-order chi connectivity index (χ1) is 11.6. The Morgan fingerprint density at radius 1 is 1.42 bits per heavy atom. The lowest BCUT2D eigenvalue weighted by molar-refractivity contribution is -0.144. The van der Waals surface area contributed by atoms with E-state index in [1.54, 1.807) is 24.2 Å². The molecule has 0 aromatic heterocycles. The average molecular weight is 333 g/mol. The quantitative estimate of drug-likeness (QED) is 0.890. The summed E-state index contributed by atoms with van der Waals surface area (Å²) in [4.78, 5) is 25.4. The van der Waals surface area contributed by atoms with Gasteiger partial charge in [-0.25, -0.2) is 0 Å². The minimum atomic E-state index is -0.952. The molecule has 7 heteroatoms. The molecule has 0 unspecified atom stereocenters. The van der Waals surface area contributed by atoms with Crippen LogP contribution in [0.1, 0.15) is 12.0 Å². The third-order valence-electron chi connectivity index (χ3n) is 4.10. The highest BCUT2D eigenvalue weighted by Gasteiger charge is 2.32. The van der Waals surface area contributed by atoms with Crippen molar-refractivity contribution in [1.29, 1.82) is 0 Å². The molecule has 24 heavy (non-hydrogen) atoms. The van der Waals surface area contributed by atoms with Crippen LogP contribution in [-0.2, 0) is 14.3 Å². The molecule has 1 N–H and O–H groups in total. The molecule has 1 atom stereocenters. The maximum absolute atomic E-state index is 12.8. The minimum Gasteiger partial charge on any atom is -0.493 e. The highest BCUT2D eigenvalue weighted by atomic mass is 16.5. The molecule has 0 aliphatic carbocycles. The topological polar surface area (TPSA) is 85.3 Å². The highest BCUT2D eigenvalue weighted by molar-refractivity contribution is 5.99. The molecule has 2 heterocycles. The molecule has 1 aromatic rings. The number of ether oxygens (including phenoxy) is 3. The van der Waals surface area contributed by atoms with Gasteiger partial charge in [-0.05, 0) is 12.1 Å². The molecular formula is C17H19NO6. The third-order valence-corrected chi connectivity index (χ3v) is 4.10. The van der Waals surface area contributed by atoms with E-state index >= 15 is 0 Å². The van der Waals surface area contributed by atoms with Gasteiger partial charge < -0.3 is 24.2 Å². The van der Waals surface area contributed by atoms with Gasteiger partial charge in [-0.15, -0.1) is 0 Å². The molecule has 2 aliphatic heterocycles. The van der Waals surface area contributed by atoms with E-state index in [0.717, 1.165) is 5.56 Å². The first-order valence-electron chi connectivity index (χ1n) is 7.71. The van der Waals surface area contributed by atoms with E-state index in [4.69, 9.17) is 19.3 Å². The van der Waals surface area contributed by atoms with Crippen LogP contribution in [0.3, 0.4) is 0 Å². The fraction of sp³-hybridized carbons (Fsp3) is 0.412. The van der Waals surface area contributed by atoms with Gasteiger partial charge in [0.2, 0.25) is 0 Å². The molecule has 1 saturated heterocycles. The minimum absolute atomic E-state index is 0.128. The van der Waals surface area contributed by atoms with Crippen molar-refractivity contribution in [3.8, 4) is 11.5 Å². The number of hydrogen-bond acceptors (Lipinski definition) is 5. The van der Waals surface area contributed by atoms with Crippen molar-refractivity contribution in [1.82, 2.24) is 4.90 Å². The number of methoxy groups -OCH3 is 1. The Bertz CT molecular complexity index is 684. The fourth-order valence-corrected chi connectivity index (χ4v) is 2.94. The number of hydrogen-bond donors (Lipinski definition) is 1. The van der Waals surface area contributed by atoms with Gasteiger partial charge >= 0.3 is 5.97 Å². The van der Waals surface area contributed by atoms with Gasteiger partial charge in [0.15, 0.2) is 11.5 Å². The van der Waals surface area contributed by atoms with E-state index in [1.165, 1.54) is 0 Å². The Morgan fingerprint density at radius 2 is 2.25 bits per heavy atom. The van der Waals surface area contributed by atoms with Crippen LogP contribution in [0.15, 0.2) is 23.8 Å². The van der Waals surface area contributed by atoms with Gasteiger partial charge in [-0.2, -0.15) is 0 Å². The van der Waals surface area contributed by atoms with E-state index in [9.17, 15) is 9.59 Å². The fourth-order valence-electron chi connectivity index (χ4n) is 2.94. The van der Waals surface area contributed by atoms with E-state index in [1.807, 2.05) is 12.1 Å². The summed E-state index contributed by atoms with van der Waals surface area (Å²) < 4.78 is 16.3. The Morgan fingerprint density at radius 3 is 3.00 bits per heavy atom. The van der Waals surface area contributed by atoms with Gasteiger partial charge in [0, 0.05) is 12.1 Å². The molecule has 1 amide bonds. The molecule has 0 radical (unpaired) electrons. The van der Waals surface area contributed by atoms with Crippen LogP contribution in [0.25, 0.3) is 6.08 Å². The van der Waals surface area contributed by atoms with Crippen LogP contribution >= 0.6 is 0 Å².